The van der Waals surface area contributed by atoms with Crippen molar-refractivity contribution in [2.24, 2.45) is 10.9 Å². The summed E-state index contributed by atoms with van der Waals surface area (Å²) in [5.41, 5.74) is -0.629. The third kappa shape index (κ3) is 3.18. The molecule has 0 amide bonds. The van der Waals surface area contributed by atoms with Crippen molar-refractivity contribution < 1.29 is 22.7 Å². The normalized spacial score (nSPS) is 19.0. The van der Waals surface area contributed by atoms with Gasteiger partial charge in [-0.3, -0.25) is 4.79 Å². The molecule has 0 bridgehead atoms. The molecule has 9 heteroatoms. The van der Waals surface area contributed by atoms with E-state index >= 15 is 0 Å². The number of hydrogen-bond donors (Lipinski definition) is 0. The van der Waals surface area contributed by atoms with Gasteiger partial charge in [0.05, 0.1) is 24.4 Å². The molecule has 27 heavy (non-hydrogen) atoms. The molecule has 0 N–H and O–H groups in total. The summed E-state index contributed by atoms with van der Waals surface area (Å²) in [5.74, 6) is -1.66. The van der Waals surface area contributed by atoms with E-state index in [0.29, 0.717) is 0 Å². The van der Waals surface area contributed by atoms with Gasteiger partial charge in [0.15, 0.2) is 5.82 Å². The minimum Gasteiger partial charge on any atom is -0.465 e. The van der Waals surface area contributed by atoms with Gasteiger partial charge in [-0.1, -0.05) is 18.2 Å². The van der Waals surface area contributed by atoms with Crippen LogP contribution in [0.2, 0.25) is 0 Å². The summed E-state index contributed by atoms with van der Waals surface area (Å²) in [4.78, 5) is 16.8. The highest BCUT2D eigenvalue weighted by molar-refractivity contribution is 6.04. The van der Waals surface area contributed by atoms with Gasteiger partial charge in [0.2, 0.25) is 0 Å². The van der Waals surface area contributed by atoms with Crippen molar-refractivity contribution in [3.63, 3.8) is 0 Å². The molecule has 2 heterocycles. The average Bonchev–Trinajstić information content (AvgIpc) is 3.02. The molecule has 2 aromatic rings. The van der Waals surface area contributed by atoms with Crippen LogP contribution in [0, 0.1) is 17.2 Å². The van der Waals surface area contributed by atoms with E-state index in [4.69, 9.17) is 4.74 Å². The van der Waals surface area contributed by atoms with Crippen LogP contribution in [-0.2, 0) is 15.7 Å². The van der Waals surface area contributed by atoms with Crippen molar-refractivity contribution >= 4 is 17.5 Å². The average molecular weight is 376 g/mol. The van der Waals surface area contributed by atoms with Gasteiger partial charge in [0.1, 0.15) is 17.6 Å². The lowest BCUT2D eigenvalue weighted by atomic mass is 9.85. The zero-order chi connectivity index (χ0) is 19.8. The lowest BCUT2D eigenvalue weighted by Gasteiger charge is -2.32. The number of carbonyl (C=O) groups is 1. The van der Waals surface area contributed by atoms with Gasteiger partial charge in [-0.25, -0.2) is 9.67 Å². The number of esters is 1. The summed E-state index contributed by atoms with van der Waals surface area (Å²) in [7, 11) is 0. The minimum atomic E-state index is -4.62. The Bertz CT molecular complexity index is 956. The van der Waals surface area contributed by atoms with Crippen molar-refractivity contribution in [3.05, 3.63) is 47.2 Å². The van der Waals surface area contributed by atoms with Crippen LogP contribution in [-0.4, -0.2) is 28.1 Å². The second-order valence-electron chi connectivity index (χ2n) is 5.95. The molecule has 2 unspecified atom stereocenters. The molecule has 6 nitrogen and oxygen atoms in total. The zero-order valence-electron chi connectivity index (χ0n) is 14.5. The molecule has 1 aliphatic rings. The fourth-order valence-corrected chi connectivity index (χ4v) is 3.21. The SMILES string of the molecule is CCOC(=O)C1C(C)=Nc2c(C#N)cnn2C1c1ccccc1C(F)(F)F. The first-order valence-electron chi connectivity index (χ1n) is 8.15. The summed E-state index contributed by atoms with van der Waals surface area (Å²) in [5, 5.41) is 13.3. The third-order valence-corrected chi connectivity index (χ3v) is 4.33. The minimum absolute atomic E-state index is 0.0751. The molecule has 0 saturated carbocycles. The number of nitriles is 1. The Kier molecular flexibility index (Phi) is 4.74. The maximum Gasteiger partial charge on any atom is 0.416 e. The highest BCUT2D eigenvalue weighted by Gasteiger charge is 2.44. The van der Waals surface area contributed by atoms with E-state index in [1.165, 1.54) is 36.0 Å². The van der Waals surface area contributed by atoms with Crippen LogP contribution >= 0.6 is 0 Å². The fourth-order valence-electron chi connectivity index (χ4n) is 3.21. The molecule has 2 atom stereocenters. The number of halogens is 3. The number of ether oxygens (including phenoxy) is 1. The lowest BCUT2D eigenvalue weighted by molar-refractivity contribution is -0.147. The van der Waals surface area contributed by atoms with Gasteiger partial charge >= 0.3 is 12.1 Å². The number of carbonyl (C=O) groups excluding carboxylic acids is 1. The maximum absolute atomic E-state index is 13.6. The first-order chi connectivity index (χ1) is 12.8. The largest absolute Gasteiger partial charge is 0.465 e. The van der Waals surface area contributed by atoms with Crippen LogP contribution < -0.4 is 0 Å². The van der Waals surface area contributed by atoms with Gasteiger partial charge in [-0.2, -0.15) is 23.5 Å². The fraction of sp³-hybridized carbons (Fsp3) is 0.333. The molecular formula is C18H15F3N4O2. The first-order valence-corrected chi connectivity index (χ1v) is 8.15. The second-order valence-corrected chi connectivity index (χ2v) is 5.95. The van der Waals surface area contributed by atoms with Crippen LogP contribution in [0.25, 0.3) is 0 Å². The molecule has 0 saturated heterocycles. The summed E-state index contributed by atoms with van der Waals surface area (Å²) >= 11 is 0. The van der Waals surface area contributed by atoms with Crippen molar-refractivity contribution in [2.75, 3.05) is 6.61 Å². The van der Waals surface area contributed by atoms with Crippen molar-refractivity contribution in [1.82, 2.24) is 9.78 Å². The molecule has 1 aliphatic heterocycles. The number of hydrogen-bond acceptors (Lipinski definition) is 5. The Hall–Kier alpha value is -3.15. The third-order valence-electron chi connectivity index (χ3n) is 4.33. The molecule has 1 aromatic heterocycles. The van der Waals surface area contributed by atoms with Crippen LogP contribution in [0.5, 0.6) is 0 Å². The number of alkyl halides is 3. The Balaban J connectivity index is 2.27. The van der Waals surface area contributed by atoms with Gasteiger partial charge < -0.3 is 4.74 Å². The van der Waals surface area contributed by atoms with E-state index in [1.807, 2.05) is 6.07 Å². The predicted molar refractivity (Wildman–Crippen MR) is 89.4 cm³/mol. The van der Waals surface area contributed by atoms with Gasteiger partial charge in [-0.15, -0.1) is 0 Å². The number of rotatable bonds is 3. The molecule has 0 aliphatic carbocycles. The number of aromatic nitrogens is 2. The number of aliphatic imine (C=N–C) groups is 1. The molecule has 0 radical (unpaired) electrons. The molecule has 1 aromatic carbocycles. The lowest BCUT2D eigenvalue weighted by Crippen LogP contribution is -2.38. The number of fused-ring (bicyclic) bond motifs is 1. The van der Waals surface area contributed by atoms with E-state index in [0.717, 1.165) is 6.07 Å². The standard InChI is InChI=1S/C18H15F3N4O2/c1-3-27-17(26)14-10(2)24-16-11(8-22)9-23-25(16)15(14)12-6-4-5-7-13(12)18(19,20)21/h4-7,9,14-15H,3H2,1-2H3. The number of nitrogens with zero attached hydrogens (tertiary/aromatic N) is 4. The molecular weight excluding hydrogens is 361 g/mol. The zero-order valence-corrected chi connectivity index (χ0v) is 14.5. The van der Waals surface area contributed by atoms with Gasteiger partial charge in [-0.05, 0) is 25.5 Å². The van der Waals surface area contributed by atoms with Gasteiger partial charge in [0.25, 0.3) is 0 Å². The summed E-state index contributed by atoms with van der Waals surface area (Å²) in [6.45, 7) is 3.22. The van der Waals surface area contributed by atoms with Crippen molar-refractivity contribution in [3.8, 4) is 6.07 Å². The molecule has 3 rings (SSSR count). The number of benzene rings is 1. The Morgan fingerprint density at radius 1 is 1.37 bits per heavy atom. The van der Waals surface area contributed by atoms with Crippen LogP contribution in [0.15, 0.2) is 35.5 Å². The summed E-state index contributed by atoms with van der Waals surface area (Å²) in [6, 6.07) is 5.78. The van der Waals surface area contributed by atoms with Crippen LogP contribution in [0.3, 0.4) is 0 Å². The van der Waals surface area contributed by atoms with E-state index in [9.17, 15) is 23.2 Å². The van der Waals surface area contributed by atoms with E-state index in [-0.39, 0.29) is 29.3 Å². The van der Waals surface area contributed by atoms with Crippen molar-refractivity contribution in [2.45, 2.75) is 26.1 Å². The smallest absolute Gasteiger partial charge is 0.416 e. The Labute approximate surface area is 152 Å². The van der Waals surface area contributed by atoms with E-state index < -0.39 is 29.7 Å². The summed E-state index contributed by atoms with van der Waals surface area (Å²) in [6.07, 6.45) is -3.40. The molecule has 140 valence electrons. The van der Waals surface area contributed by atoms with Crippen LogP contribution in [0.4, 0.5) is 19.0 Å². The van der Waals surface area contributed by atoms with Crippen LogP contribution in [0.1, 0.15) is 36.6 Å². The topological polar surface area (TPSA) is 80.3 Å². The molecule has 0 fully saturated rings. The second kappa shape index (κ2) is 6.87. The summed E-state index contributed by atoms with van der Waals surface area (Å²) < 4.78 is 47.0. The quantitative estimate of drug-likeness (QED) is 0.766. The monoisotopic (exact) mass is 376 g/mol. The van der Waals surface area contributed by atoms with E-state index in [2.05, 4.69) is 10.1 Å². The highest BCUT2D eigenvalue weighted by atomic mass is 19.4. The Morgan fingerprint density at radius 3 is 2.70 bits per heavy atom. The predicted octanol–water partition coefficient (Wildman–Crippen LogP) is 3.65. The maximum atomic E-state index is 13.6. The van der Waals surface area contributed by atoms with E-state index in [1.54, 1.807) is 6.92 Å². The Morgan fingerprint density at radius 2 is 2.07 bits per heavy atom. The molecule has 0 spiro atoms. The first kappa shape index (κ1) is 18.6. The highest BCUT2D eigenvalue weighted by Crippen LogP contribution is 2.43. The van der Waals surface area contributed by atoms with Crippen molar-refractivity contribution in [1.29, 1.82) is 5.26 Å². The van der Waals surface area contributed by atoms with Gasteiger partial charge in [0, 0.05) is 5.71 Å².